The van der Waals surface area contributed by atoms with E-state index in [1.54, 1.807) is 13.0 Å². The highest BCUT2D eigenvalue weighted by Crippen LogP contribution is 2.33. The Bertz CT molecular complexity index is 821. The minimum atomic E-state index is -0.415. The highest BCUT2D eigenvalue weighted by atomic mass is 32.1. The van der Waals surface area contributed by atoms with Crippen LogP contribution in [0.15, 0.2) is 30.3 Å². The third-order valence-corrected chi connectivity index (χ3v) is 5.00. The van der Waals surface area contributed by atoms with Gasteiger partial charge in [0.25, 0.3) is 0 Å². The molecule has 0 atom stereocenters. The van der Waals surface area contributed by atoms with E-state index >= 15 is 0 Å². The number of thiophene rings is 1. The molecule has 1 aromatic carbocycles. The highest BCUT2D eigenvalue weighted by Gasteiger charge is 2.21. The van der Waals surface area contributed by atoms with E-state index in [1.165, 1.54) is 17.4 Å². The van der Waals surface area contributed by atoms with Crippen molar-refractivity contribution >= 4 is 34.3 Å². The standard InChI is InChI=1S/C21H25NO4S/c1-5-13-26-17-10-7-16(8-11-17)9-12-18(23)22-20-19(21(24)25-6-2)14(3)15(4)27-20/h7-12H,5-6,13H2,1-4H3,(H,22,23)/b12-9+. The number of benzene rings is 1. The molecule has 1 amide bonds. The van der Waals surface area contributed by atoms with E-state index in [1.807, 2.05) is 38.1 Å². The van der Waals surface area contributed by atoms with Crippen LogP contribution in [0.2, 0.25) is 0 Å². The molecule has 0 spiro atoms. The van der Waals surface area contributed by atoms with Gasteiger partial charge in [0.15, 0.2) is 0 Å². The zero-order valence-electron chi connectivity index (χ0n) is 16.1. The molecule has 1 heterocycles. The first kappa shape index (κ1) is 20.7. The number of anilines is 1. The largest absolute Gasteiger partial charge is 0.494 e. The van der Waals surface area contributed by atoms with Gasteiger partial charge in [0.2, 0.25) is 5.91 Å². The van der Waals surface area contributed by atoms with Crippen molar-refractivity contribution in [3.05, 3.63) is 51.9 Å². The normalized spacial score (nSPS) is 10.8. The Morgan fingerprint density at radius 1 is 1.15 bits per heavy atom. The molecule has 0 aliphatic heterocycles. The van der Waals surface area contributed by atoms with E-state index in [9.17, 15) is 9.59 Å². The molecule has 1 aromatic heterocycles. The van der Waals surface area contributed by atoms with Crippen LogP contribution in [0.1, 0.15) is 46.6 Å². The minimum absolute atomic E-state index is 0.290. The molecule has 0 aliphatic rings. The molecule has 0 fully saturated rings. The first-order valence-corrected chi connectivity index (χ1v) is 9.76. The summed E-state index contributed by atoms with van der Waals surface area (Å²) in [4.78, 5) is 25.4. The van der Waals surface area contributed by atoms with Gasteiger partial charge in [0.1, 0.15) is 10.8 Å². The molecule has 0 aliphatic carbocycles. The molecule has 6 heteroatoms. The number of ether oxygens (including phenoxy) is 2. The number of carbonyl (C=O) groups is 2. The molecule has 0 saturated heterocycles. The van der Waals surface area contributed by atoms with E-state index in [2.05, 4.69) is 12.2 Å². The van der Waals surface area contributed by atoms with Gasteiger partial charge in [-0.25, -0.2) is 4.79 Å². The van der Waals surface area contributed by atoms with Crippen LogP contribution >= 0.6 is 11.3 Å². The molecule has 0 saturated carbocycles. The summed E-state index contributed by atoms with van der Waals surface area (Å²) in [6.45, 7) is 8.55. The molecule has 2 aromatic rings. The predicted octanol–water partition coefficient (Wildman–Crippen LogP) is 4.98. The van der Waals surface area contributed by atoms with Crippen LogP contribution in [0, 0.1) is 13.8 Å². The summed E-state index contributed by atoms with van der Waals surface area (Å²) in [5.74, 6) is 0.0940. The molecule has 0 radical (unpaired) electrons. The Hall–Kier alpha value is -2.60. The lowest BCUT2D eigenvalue weighted by atomic mass is 10.1. The lowest BCUT2D eigenvalue weighted by Crippen LogP contribution is -2.12. The number of hydrogen-bond acceptors (Lipinski definition) is 5. The van der Waals surface area contributed by atoms with Crippen LogP contribution < -0.4 is 10.1 Å². The van der Waals surface area contributed by atoms with E-state index in [-0.39, 0.29) is 5.91 Å². The number of nitrogens with one attached hydrogen (secondary N) is 1. The quantitative estimate of drug-likeness (QED) is 0.512. The van der Waals surface area contributed by atoms with Crippen LogP contribution in [-0.2, 0) is 9.53 Å². The van der Waals surface area contributed by atoms with Crippen molar-refractivity contribution in [2.45, 2.75) is 34.1 Å². The van der Waals surface area contributed by atoms with Crippen LogP contribution in [-0.4, -0.2) is 25.1 Å². The molecule has 1 N–H and O–H groups in total. The van der Waals surface area contributed by atoms with Gasteiger partial charge in [-0.3, -0.25) is 4.79 Å². The molecular formula is C21H25NO4S. The molecule has 27 heavy (non-hydrogen) atoms. The summed E-state index contributed by atoms with van der Waals surface area (Å²) in [5, 5.41) is 3.30. The van der Waals surface area contributed by atoms with Gasteiger partial charge in [-0.15, -0.1) is 11.3 Å². The van der Waals surface area contributed by atoms with Crippen molar-refractivity contribution in [1.82, 2.24) is 0 Å². The first-order valence-electron chi connectivity index (χ1n) is 8.95. The average molecular weight is 388 g/mol. The van der Waals surface area contributed by atoms with E-state index in [0.29, 0.717) is 23.8 Å². The van der Waals surface area contributed by atoms with Gasteiger partial charge in [-0.05, 0) is 56.5 Å². The summed E-state index contributed by atoms with van der Waals surface area (Å²) in [6, 6.07) is 7.52. The van der Waals surface area contributed by atoms with E-state index in [0.717, 1.165) is 28.2 Å². The first-order chi connectivity index (χ1) is 13.0. The van der Waals surface area contributed by atoms with Gasteiger partial charge in [-0.1, -0.05) is 19.1 Å². The molecule has 0 bridgehead atoms. The van der Waals surface area contributed by atoms with Crippen molar-refractivity contribution < 1.29 is 19.1 Å². The van der Waals surface area contributed by atoms with Crippen molar-refractivity contribution in [2.24, 2.45) is 0 Å². The summed E-state index contributed by atoms with van der Waals surface area (Å²) < 4.78 is 10.6. The van der Waals surface area contributed by atoms with Crippen molar-refractivity contribution in [2.75, 3.05) is 18.5 Å². The Morgan fingerprint density at radius 3 is 2.48 bits per heavy atom. The molecular weight excluding hydrogens is 362 g/mol. The SMILES string of the molecule is CCCOc1ccc(/C=C/C(=O)Nc2sc(C)c(C)c2C(=O)OCC)cc1. The fraction of sp³-hybridized carbons (Fsp3) is 0.333. The molecule has 0 unspecified atom stereocenters. The number of aryl methyl sites for hydroxylation is 1. The van der Waals surface area contributed by atoms with Crippen LogP contribution in [0.5, 0.6) is 5.75 Å². The third-order valence-electron chi connectivity index (χ3n) is 3.88. The maximum atomic E-state index is 12.3. The third kappa shape index (κ3) is 5.69. The highest BCUT2D eigenvalue weighted by molar-refractivity contribution is 7.16. The second kappa shape index (κ2) is 9.92. The Kier molecular flexibility index (Phi) is 7.61. The topological polar surface area (TPSA) is 64.6 Å². The summed E-state index contributed by atoms with van der Waals surface area (Å²) in [5.41, 5.74) is 2.15. The number of esters is 1. The number of rotatable bonds is 8. The zero-order chi connectivity index (χ0) is 19.8. The lowest BCUT2D eigenvalue weighted by Gasteiger charge is -2.06. The van der Waals surface area contributed by atoms with E-state index in [4.69, 9.17) is 9.47 Å². The molecule has 5 nitrogen and oxygen atoms in total. The van der Waals surface area contributed by atoms with E-state index < -0.39 is 5.97 Å². The fourth-order valence-corrected chi connectivity index (χ4v) is 3.44. The second-order valence-corrected chi connectivity index (χ2v) is 7.17. The van der Waals surface area contributed by atoms with Gasteiger partial charge < -0.3 is 14.8 Å². The van der Waals surface area contributed by atoms with Gasteiger partial charge in [-0.2, -0.15) is 0 Å². The van der Waals surface area contributed by atoms with Gasteiger partial charge in [0, 0.05) is 11.0 Å². The maximum Gasteiger partial charge on any atom is 0.341 e. The van der Waals surface area contributed by atoms with Crippen molar-refractivity contribution in [3.8, 4) is 5.75 Å². The Balaban J connectivity index is 2.06. The van der Waals surface area contributed by atoms with Crippen LogP contribution in [0.25, 0.3) is 6.08 Å². The van der Waals surface area contributed by atoms with Crippen molar-refractivity contribution in [3.63, 3.8) is 0 Å². The summed E-state index contributed by atoms with van der Waals surface area (Å²) in [6.07, 6.45) is 4.12. The Morgan fingerprint density at radius 2 is 1.85 bits per heavy atom. The minimum Gasteiger partial charge on any atom is -0.494 e. The monoisotopic (exact) mass is 387 g/mol. The Labute approximate surface area is 164 Å². The summed E-state index contributed by atoms with van der Waals surface area (Å²) in [7, 11) is 0. The van der Waals surface area contributed by atoms with Crippen molar-refractivity contribution in [1.29, 1.82) is 0 Å². The van der Waals surface area contributed by atoms with Crippen LogP contribution in [0.3, 0.4) is 0 Å². The average Bonchev–Trinajstić information content (AvgIpc) is 2.93. The summed E-state index contributed by atoms with van der Waals surface area (Å²) >= 11 is 1.37. The second-order valence-electron chi connectivity index (χ2n) is 5.95. The molecule has 2 rings (SSSR count). The van der Waals surface area contributed by atoms with Gasteiger partial charge in [0.05, 0.1) is 18.8 Å². The van der Waals surface area contributed by atoms with Gasteiger partial charge >= 0.3 is 5.97 Å². The molecule has 144 valence electrons. The lowest BCUT2D eigenvalue weighted by molar-refractivity contribution is -0.111. The maximum absolute atomic E-state index is 12.3. The fourth-order valence-electron chi connectivity index (χ4n) is 2.38. The predicted molar refractivity (Wildman–Crippen MR) is 110 cm³/mol. The zero-order valence-corrected chi connectivity index (χ0v) is 16.9. The number of amides is 1. The van der Waals surface area contributed by atoms with Crippen LogP contribution in [0.4, 0.5) is 5.00 Å². The number of hydrogen-bond donors (Lipinski definition) is 1. The smallest absolute Gasteiger partial charge is 0.341 e. The number of carbonyl (C=O) groups excluding carboxylic acids is 2.